The smallest absolute Gasteiger partial charge is 0.165 e. The van der Waals surface area contributed by atoms with Gasteiger partial charge < -0.3 is 8.80 Å². The van der Waals surface area contributed by atoms with Crippen LogP contribution in [0.4, 0.5) is 0 Å². The Morgan fingerprint density at radius 1 is 0.345 bits per heavy atom. The van der Waals surface area contributed by atoms with Crippen molar-refractivity contribution in [2.24, 2.45) is 0 Å². The van der Waals surface area contributed by atoms with Crippen molar-refractivity contribution < 1.29 is 0 Å². The van der Waals surface area contributed by atoms with Crippen LogP contribution in [0.15, 0.2) is 170 Å². The zero-order valence-electron chi connectivity index (χ0n) is 31.4. The van der Waals surface area contributed by atoms with Crippen LogP contribution in [0.5, 0.6) is 0 Å². The number of nitrogens with zero attached hydrogens (tertiary/aromatic N) is 5. The van der Waals surface area contributed by atoms with E-state index in [0.29, 0.717) is 0 Å². The normalized spacial score (nSPS) is 12.6. The summed E-state index contributed by atoms with van der Waals surface area (Å²) in [6.45, 7) is 2.23. The Hall–Kier alpha value is -7.76. The van der Waals surface area contributed by atoms with Crippen LogP contribution in [0.25, 0.3) is 126 Å². The van der Waals surface area contributed by atoms with Crippen LogP contribution in [-0.2, 0) is 0 Å². The molecule has 268 valence electrons. The highest BCUT2D eigenvalue weighted by molar-refractivity contribution is 6.26. The summed E-state index contributed by atoms with van der Waals surface area (Å²) in [5.74, 6) is 0.818. The van der Waals surface area contributed by atoms with Crippen molar-refractivity contribution in [3.8, 4) is 17.1 Å². The third kappa shape index (κ3) is 3.71. The highest BCUT2D eigenvalue weighted by Crippen LogP contribution is 2.45. The van der Waals surface area contributed by atoms with Crippen molar-refractivity contribution in [3.63, 3.8) is 0 Å². The third-order valence-electron chi connectivity index (χ3n) is 12.7. The fraction of sp³-hybridized carbons (Fsp3) is 0.0189. The molecule has 0 N–H and O–H groups in total. The van der Waals surface area contributed by atoms with Crippen molar-refractivity contribution >= 4 is 109 Å². The Morgan fingerprint density at radius 3 is 1.66 bits per heavy atom. The van der Waals surface area contributed by atoms with E-state index in [4.69, 9.17) is 9.97 Å². The summed E-state index contributed by atoms with van der Waals surface area (Å²) < 4.78 is 7.39. The molecule has 0 aliphatic heterocycles. The Balaban J connectivity index is 1.20. The molecule has 0 bridgehead atoms. The number of aryl methyl sites for hydroxylation is 1. The van der Waals surface area contributed by atoms with Gasteiger partial charge in [-0.1, -0.05) is 127 Å². The number of aromatic nitrogens is 5. The first-order chi connectivity index (χ1) is 28.7. The Morgan fingerprint density at radius 2 is 0.897 bits per heavy atom. The SMILES string of the molecule is Cc1cc2c3cc4c5ccccc5n(-c5nc6c7ccccc7c7ccccc7c6nc5-c5ccccc5)c4cc3n3c4cccc5c6ccccc6n(c(c1)c23)c54. The summed E-state index contributed by atoms with van der Waals surface area (Å²) in [7, 11) is 0. The fourth-order valence-electron chi connectivity index (χ4n) is 10.4. The van der Waals surface area contributed by atoms with Gasteiger partial charge in [-0.05, 0) is 65.7 Å². The molecular weight excluding hydrogens is 707 g/mol. The third-order valence-corrected chi connectivity index (χ3v) is 12.7. The molecule has 0 aliphatic carbocycles. The molecule has 58 heavy (non-hydrogen) atoms. The van der Waals surface area contributed by atoms with E-state index < -0.39 is 0 Å². The van der Waals surface area contributed by atoms with E-state index in [1.807, 2.05) is 0 Å². The Bertz CT molecular complexity index is 4090. The van der Waals surface area contributed by atoms with Gasteiger partial charge in [-0.2, -0.15) is 0 Å². The van der Waals surface area contributed by atoms with Crippen molar-refractivity contribution in [2.45, 2.75) is 6.92 Å². The van der Waals surface area contributed by atoms with Crippen LogP contribution in [0, 0.1) is 6.92 Å². The molecule has 5 heteroatoms. The van der Waals surface area contributed by atoms with Crippen LogP contribution in [-0.4, -0.2) is 23.3 Å². The number of rotatable bonds is 2. The molecule has 5 heterocycles. The summed E-state index contributed by atoms with van der Waals surface area (Å²) in [6.07, 6.45) is 0. The number of benzene rings is 9. The Kier molecular flexibility index (Phi) is 5.65. The average Bonchev–Trinajstić information content (AvgIpc) is 3.91. The first kappa shape index (κ1) is 30.5. The molecule has 9 aromatic carbocycles. The van der Waals surface area contributed by atoms with Gasteiger partial charge in [0.25, 0.3) is 0 Å². The van der Waals surface area contributed by atoms with Crippen LogP contribution in [0.2, 0.25) is 0 Å². The standard InChI is InChI=1S/C53H31N5/c1-30-26-41-40-28-39-35-19-10-12-24-43(35)58(46(39)29-45(40)57-44-25-13-22-38-34-18-9-11-23-42(34)56(51(38)44)47(27-30)52(41)57)53-48(31-14-3-2-4-15-31)54-49-36-20-7-5-16-32(36)33-17-6-8-21-37(33)50(49)55-53/h2-29H,1H3. The summed E-state index contributed by atoms with van der Waals surface area (Å²) in [6, 6.07) is 61.8. The molecule has 0 saturated carbocycles. The molecule has 14 rings (SSSR count). The van der Waals surface area contributed by atoms with Crippen LogP contribution < -0.4 is 0 Å². The molecule has 5 aromatic heterocycles. The van der Waals surface area contributed by atoms with E-state index in [0.717, 1.165) is 49.9 Å². The van der Waals surface area contributed by atoms with E-state index in [9.17, 15) is 0 Å². The zero-order valence-corrected chi connectivity index (χ0v) is 31.4. The van der Waals surface area contributed by atoms with E-state index in [1.165, 1.54) is 81.8 Å². The van der Waals surface area contributed by atoms with Crippen molar-refractivity contribution in [3.05, 3.63) is 175 Å². The molecule has 5 nitrogen and oxygen atoms in total. The van der Waals surface area contributed by atoms with E-state index in [2.05, 4.69) is 190 Å². The Labute approximate surface area is 330 Å². The minimum atomic E-state index is 0.818. The highest BCUT2D eigenvalue weighted by Gasteiger charge is 2.25. The number of para-hydroxylation sites is 3. The highest BCUT2D eigenvalue weighted by atomic mass is 15.1. The lowest BCUT2D eigenvalue weighted by atomic mass is 9.99. The molecule has 0 saturated heterocycles. The molecule has 0 amide bonds. The van der Waals surface area contributed by atoms with Gasteiger partial charge in [-0.25, -0.2) is 9.97 Å². The molecule has 0 unspecified atom stereocenters. The lowest BCUT2D eigenvalue weighted by Gasteiger charge is -2.16. The van der Waals surface area contributed by atoms with Gasteiger partial charge in [0, 0.05) is 48.7 Å². The van der Waals surface area contributed by atoms with Crippen molar-refractivity contribution in [1.82, 2.24) is 23.3 Å². The van der Waals surface area contributed by atoms with Gasteiger partial charge in [0.1, 0.15) is 5.69 Å². The maximum atomic E-state index is 5.75. The summed E-state index contributed by atoms with van der Waals surface area (Å²) >= 11 is 0. The largest absolute Gasteiger partial charge is 0.305 e. The van der Waals surface area contributed by atoms with Gasteiger partial charge in [-0.15, -0.1) is 0 Å². The topological polar surface area (TPSA) is 39.5 Å². The second-order valence-electron chi connectivity index (χ2n) is 15.8. The molecule has 0 aliphatic rings. The second kappa shape index (κ2) is 10.8. The minimum absolute atomic E-state index is 0.818. The predicted octanol–water partition coefficient (Wildman–Crippen LogP) is 13.6. The van der Waals surface area contributed by atoms with Gasteiger partial charge in [0.05, 0.1) is 55.2 Å². The number of hydrogen-bond acceptors (Lipinski definition) is 2. The predicted molar refractivity (Wildman–Crippen MR) is 242 cm³/mol. The molecule has 0 spiro atoms. The maximum absolute atomic E-state index is 5.75. The summed E-state index contributed by atoms with van der Waals surface area (Å²) in [5, 5.41) is 12.0. The fourth-order valence-corrected chi connectivity index (χ4v) is 10.4. The zero-order chi connectivity index (χ0) is 37.8. The minimum Gasteiger partial charge on any atom is -0.305 e. The van der Waals surface area contributed by atoms with Gasteiger partial charge >= 0.3 is 0 Å². The van der Waals surface area contributed by atoms with Crippen molar-refractivity contribution in [2.75, 3.05) is 0 Å². The number of hydrogen-bond donors (Lipinski definition) is 0. The van der Waals surface area contributed by atoms with E-state index in [-0.39, 0.29) is 0 Å². The van der Waals surface area contributed by atoms with Crippen LogP contribution in [0.1, 0.15) is 5.56 Å². The molecule has 0 atom stereocenters. The first-order valence-corrected chi connectivity index (χ1v) is 19.9. The van der Waals surface area contributed by atoms with Crippen molar-refractivity contribution in [1.29, 1.82) is 0 Å². The van der Waals surface area contributed by atoms with Gasteiger partial charge in [0.15, 0.2) is 5.82 Å². The quantitative estimate of drug-likeness (QED) is 0.131. The lowest BCUT2D eigenvalue weighted by molar-refractivity contribution is 1.08. The van der Waals surface area contributed by atoms with Crippen LogP contribution >= 0.6 is 0 Å². The summed E-state index contributed by atoms with van der Waals surface area (Å²) in [5.41, 5.74) is 14.4. The molecule has 0 fully saturated rings. The molecular formula is C53H31N5. The first-order valence-electron chi connectivity index (χ1n) is 19.9. The lowest BCUT2D eigenvalue weighted by Crippen LogP contribution is -2.04. The van der Waals surface area contributed by atoms with Gasteiger partial charge in [0.2, 0.25) is 0 Å². The monoisotopic (exact) mass is 737 g/mol. The summed E-state index contributed by atoms with van der Waals surface area (Å²) in [4.78, 5) is 11.4. The molecule has 14 aromatic rings. The number of fused-ring (bicyclic) bond motifs is 17. The van der Waals surface area contributed by atoms with Gasteiger partial charge in [-0.3, -0.25) is 4.57 Å². The maximum Gasteiger partial charge on any atom is 0.165 e. The van der Waals surface area contributed by atoms with E-state index >= 15 is 0 Å². The molecule has 0 radical (unpaired) electrons. The van der Waals surface area contributed by atoms with E-state index in [1.54, 1.807) is 0 Å². The van der Waals surface area contributed by atoms with Crippen LogP contribution in [0.3, 0.4) is 0 Å². The average molecular weight is 738 g/mol. The second-order valence-corrected chi connectivity index (χ2v) is 15.8.